The van der Waals surface area contributed by atoms with E-state index in [1.165, 1.54) is 4.57 Å². The Kier molecular flexibility index (Phi) is 6.48. The van der Waals surface area contributed by atoms with E-state index >= 15 is 0 Å². The van der Waals surface area contributed by atoms with Crippen LogP contribution in [-0.2, 0) is 0 Å². The normalized spacial score (nSPS) is 15.6. The second-order valence-corrected chi connectivity index (χ2v) is 15.5. The molecule has 0 radical (unpaired) electrons. The number of benzene rings is 1. The van der Waals surface area contributed by atoms with E-state index in [9.17, 15) is 15.0 Å². The van der Waals surface area contributed by atoms with Crippen LogP contribution in [0.2, 0.25) is 18.1 Å². The van der Waals surface area contributed by atoms with Crippen LogP contribution >= 0.6 is 0 Å². The Bertz CT molecular complexity index is 1170. The quantitative estimate of drug-likeness (QED) is 0.446. The van der Waals surface area contributed by atoms with Crippen molar-refractivity contribution in [3.05, 3.63) is 42.6 Å². The molecule has 1 aliphatic heterocycles. The van der Waals surface area contributed by atoms with Gasteiger partial charge in [0.25, 0.3) is 0 Å². The van der Waals surface area contributed by atoms with Crippen LogP contribution in [0, 0.1) is 5.92 Å². The summed E-state index contributed by atoms with van der Waals surface area (Å²) in [4.78, 5) is 19.0. The van der Waals surface area contributed by atoms with Crippen LogP contribution in [0.25, 0.3) is 22.2 Å². The van der Waals surface area contributed by atoms with Gasteiger partial charge in [0.15, 0.2) is 0 Å². The zero-order chi connectivity index (χ0) is 24.7. The molecule has 0 amide bonds. The van der Waals surface area contributed by atoms with Crippen LogP contribution in [0.3, 0.4) is 0 Å². The molecule has 0 unspecified atom stereocenters. The maximum Gasteiger partial charge on any atom is 0.416 e. The van der Waals surface area contributed by atoms with Gasteiger partial charge in [-0.15, -0.1) is 0 Å². The highest BCUT2D eigenvalue weighted by atomic mass is 28.4. The van der Waals surface area contributed by atoms with Gasteiger partial charge >= 0.3 is 6.09 Å². The van der Waals surface area contributed by atoms with Crippen LogP contribution < -0.4 is 9.33 Å². The van der Waals surface area contributed by atoms with Crippen LogP contribution in [0.4, 0.5) is 10.6 Å². The lowest BCUT2D eigenvalue weighted by atomic mass is 9.98. The number of hydrogen-bond donors (Lipinski definition) is 2. The Hall–Kier alpha value is -2.84. The third-order valence-electron chi connectivity index (χ3n) is 7.38. The van der Waals surface area contributed by atoms with E-state index < -0.39 is 14.4 Å². The molecule has 7 nitrogen and oxygen atoms in total. The summed E-state index contributed by atoms with van der Waals surface area (Å²) in [6.45, 7) is 13.0. The van der Waals surface area contributed by atoms with E-state index in [0.29, 0.717) is 17.1 Å². The third kappa shape index (κ3) is 4.70. The van der Waals surface area contributed by atoms with Crippen molar-refractivity contribution in [2.45, 2.75) is 51.7 Å². The number of carboxylic acid groups (broad SMARTS) is 1. The summed E-state index contributed by atoms with van der Waals surface area (Å²) in [7, 11) is -2.01. The Labute approximate surface area is 202 Å². The van der Waals surface area contributed by atoms with Gasteiger partial charge in [-0.2, -0.15) is 0 Å². The lowest BCUT2D eigenvalue weighted by molar-refractivity contribution is 0.198. The summed E-state index contributed by atoms with van der Waals surface area (Å²) in [6, 6.07) is 11.4. The highest BCUT2D eigenvalue weighted by molar-refractivity contribution is 6.74. The molecule has 0 aliphatic carbocycles. The molecule has 34 heavy (non-hydrogen) atoms. The Morgan fingerprint density at radius 3 is 2.41 bits per heavy atom. The van der Waals surface area contributed by atoms with Gasteiger partial charge in [-0.25, -0.2) is 14.3 Å². The number of hydrogen-bond acceptors (Lipinski definition) is 5. The first-order valence-corrected chi connectivity index (χ1v) is 14.8. The number of nitrogens with zero attached hydrogens (tertiary/aromatic N) is 3. The maximum absolute atomic E-state index is 12.2. The van der Waals surface area contributed by atoms with Crippen molar-refractivity contribution in [3.8, 4) is 17.0 Å². The summed E-state index contributed by atoms with van der Waals surface area (Å²) in [5.41, 5.74) is 1.96. The molecule has 1 fully saturated rings. The van der Waals surface area contributed by atoms with E-state index in [1.54, 1.807) is 6.20 Å². The van der Waals surface area contributed by atoms with E-state index in [0.717, 1.165) is 48.4 Å². The van der Waals surface area contributed by atoms with E-state index in [4.69, 9.17) is 4.43 Å². The van der Waals surface area contributed by atoms with Gasteiger partial charge in [-0.1, -0.05) is 20.8 Å². The molecule has 8 heteroatoms. The van der Waals surface area contributed by atoms with Crippen molar-refractivity contribution in [2.75, 3.05) is 24.6 Å². The number of carbonyl (C=O) groups is 1. The Morgan fingerprint density at radius 2 is 1.85 bits per heavy atom. The molecule has 0 atom stereocenters. The average molecular weight is 482 g/mol. The summed E-state index contributed by atoms with van der Waals surface area (Å²) < 4.78 is 7.75. The standard InChI is InChI=1S/C26H35N3O4Si/c1-26(2,3)34(4,5)33-21-7-8-22-20(14-21)15-23(29(22)25(31)32)19-6-9-24(27-16-19)28-12-10-18(17-30)11-13-28/h6-9,14-16,18,30H,10-13,17H2,1-5H3,(H,31,32). The lowest BCUT2D eigenvalue weighted by Gasteiger charge is -2.36. The van der Waals surface area contributed by atoms with Gasteiger partial charge < -0.3 is 19.5 Å². The van der Waals surface area contributed by atoms with Gasteiger partial charge in [0, 0.05) is 36.8 Å². The highest BCUT2D eigenvalue weighted by Gasteiger charge is 2.39. The zero-order valence-electron chi connectivity index (χ0n) is 20.7. The fourth-order valence-corrected chi connectivity index (χ4v) is 5.21. The van der Waals surface area contributed by atoms with Crippen molar-refractivity contribution in [1.82, 2.24) is 9.55 Å². The fraction of sp³-hybridized carbons (Fsp3) is 0.462. The number of aliphatic hydroxyl groups is 1. The first kappa shape index (κ1) is 24.3. The monoisotopic (exact) mass is 481 g/mol. The smallest absolute Gasteiger partial charge is 0.416 e. The van der Waals surface area contributed by atoms with Gasteiger partial charge in [0.1, 0.15) is 11.6 Å². The minimum absolute atomic E-state index is 0.0703. The second kappa shape index (κ2) is 9.07. The SMILES string of the molecule is CC(C)(C)[Si](C)(C)Oc1ccc2c(c1)cc(-c1ccc(N3CCC(CO)CC3)nc1)n2C(=O)O. The largest absolute Gasteiger partial charge is 0.543 e. The number of pyridine rings is 1. The number of fused-ring (bicyclic) bond motifs is 1. The van der Waals surface area contributed by atoms with Gasteiger partial charge in [0.05, 0.1) is 11.2 Å². The summed E-state index contributed by atoms with van der Waals surface area (Å²) >= 11 is 0. The first-order valence-electron chi connectivity index (χ1n) is 11.9. The molecule has 3 aromatic rings. The molecule has 0 saturated carbocycles. The minimum atomic E-state index is -2.01. The van der Waals surface area contributed by atoms with Crippen LogP contribution in [-0.4, -0.2) is 53.9 Å². The van der Waals surface area contributed by atoms with Crippen LogP contribution in [0.1, 0.15) is 33.6 Å². The van der Waals surface area contributed by atoms with Gasteiger partial charge in [0.2, 0.25) is 8.32 Å². The molecular weight excluding hydrogens is 446 g/mol. The molecule has 0 bridgehead atoms. The Morgan fingerprint density at radius 1 is 1.15 bits per heavy atom. The van der Waals surface area contributed by atoms with Crippen molar-refractivity contribution in [3.63, 3.8) is 0 Å². The van der Waals surface area contributed by atoms with Crippen molar-refractivity contribution in [1.29, 1.82) is 0 Å². The number of aromatic nitrogens is 2. The van der Waals surface area contributed by atoms with Crippen molar-refractivity contribution >= 4 is 31.1 Å². The molecule has 1 saturated heterocycles. The molecule has 182 valence electrons. The first-order chi connectivity index (χ1) is 16.0. The molecular formula is C26H35N3O4Si. The fourth-order valence-electron chi connectivity index (χ4n) is 4.19. The summed E-state index contributed by atoms with van der Waals surface area (Å²) in [5.74, 6) is 2.02. The van der Waals surface area contributed by atoms with Gasteiger partial charge in [-0.05, 0) is 73.3 Å². The third-order valence-corrected chi connectivity index (χ3v) is 11.7. The molecule has 2 aromatic heterocycles. The highest BCUT2D eigenvalue weighted by Crippen LogP contribution is 2.38. The number of rotatable bonds is 5. The molecule has 1 aliphatic rings. The molecule has 3 heterocycles. The number of piperidine rings is 1. The van der Waals surface area contributed by atoms with E-state index in [1.807, 2.05) is 36.4 Å². The van der Waals surface area contributed by atoms with Crippen LogP contribution in [0.15, 0.2) is 42.6 Å². The van der Waals surface area contributed by atoms with Gasteiger partial charge in [-0.3, -0.25) is 0 Å². The molecule has 0 spiro atoms. The van der Waals surface area contributed by atoms with Crippen molar-refractivity contribution < 1.29 is 19.4 Å². The average Bonchev–Trinajstić information content (AvgIpc) is 3.17. The van der Waals surface area contributed by atoms with Crippen molar-refractivity contribution in [2.24, 2.45) is 5.92 Å². The summed E-state index contributed by atoms with van der Waals surface area (Å²) in [6.07, 6.45) is 2.62. The van der Waals surface area contributed by atoms with E-state index in [-0.39, 0.29) is 11.6 Å². The minimum Gasteiger partial charge on any atom is -0.543 e. The lowest BCUT2D eigenvalue weighted by Crippen LogP contribution is -2.43. The molecule has 4 rings (SSSR count). The number of aliphatic hydroxyl groups excluding tert-OH is 1. The van der Waals surface area contributed by atoms with E-state index in [2.05, 4.69) is 43.7 Å². The predicted octanol–water partition coefficient (Wildman–Crippen LogP) is 5.82. The Balaban J connectivity index is 1.64. The predicted molar refractivity (Wildman–Crippen MR) is 138 cm³/mol. The molecule has 2 N–H and O–H groups in total. The second-order valence-electron chi connectivity index (χ2n) is 10.7. The molecule has 1 aromatic carbocycles. The maximum atomic E-state index is 12.2. The van der Waals surface area contributed by atoms with Crippen LogP contribution in [0.5, 0.6) is 5.75 Å². The summed E-state index contributed by atoms with van der Waals surface area (Å²) in [5, 5.41) is 20.2. The number of anilines is 1. The zero-order valence-corrected chi connectivity index (χ0v) is 21.7. The topological polar surface area (TPSA) is 87.8 Å².